The summed E-state index contributed by atoms with van der Waals surface area (Å²) in [6.07, 6.45) is 0.787. The lowest BCUT2D eigenvalue weighted by molar-refractivity contribution is 0.0938. The minimum atomic E-state index is -3.51. The summed E-state index contributed by atoms with van der Waals surface area (Å²) in [4.78, 5) is 12.5. The van der Waals surface area contributed by atoms with E-state index in [4.69, 9.17) is 5.73 Å². The molecule has 0 radical (unpaired) electrons. The highest BCUT2D eigenvalue weighted by molar-refractivity contribution is 7.89. The average Bonchev–Trinajstić information content (AvgIpc) is 2.87. The van der Waals surface area contributed by atoms with Crippen LogP contribution in [0, 0.1) is 5.92 Å². The fraction of sp³-hybridized carbons (Fsp3) is 0.583. The Morgan fingerprint density at radius 1 is 1.43 bits per heavy atom. The van der Waals surface area contributed by atoms with E-state index >= 15 is 0 Å². The van der Waals surface area contributed by atoms with Gasteiger partial charge < -0.3 is 11.1 Å². The number of halogens is 1. The largest absolute Gasteiger partial charge is 0.347 e. The molecule has 0 saturated carbocycles. The summed E-state index contributed by atoms with van der Waals surface area (Å²) in [5.41, 5.74) is 5.63. The number of amides is 1. The van der Waals surface area contributed by atoms with Crippen LogP contribution in [-0.4, -0.2) is 34.0 Å². The number of nitrogens with one attached hydrogen (secondary N) is 2. The van der Waals surface area contributed by atoms with Crippen molar-refractivity contribution in [3.05, 3.63) is 16.3 Å². The topological polar surface area (TPSA) is 101 Å². The van der Waals surface area contributed by atoms with Gasteiger partial charge in [0.2, 0.25) is 10.0 Å². The Kier molecular flexibility index (Phi) is 8.42. The molecule has 0 saturated heterocycles. The number of nitrogens with two attached hydrogens (primary N) is 1. The standard InChI is InChI=1S/C12H21N3O3S2.ClH/c1-8(2)4-9(6-13)15-12(16)11-5-10(7-19-11)20(17,18)14-3;/h5,7-9,14H,4,6,13H2,1-3H3,(H,15,16);1H. The summed E-state index contributed by atoms with van der Waals surface area (Å²) in [7, 11) is -2.18. The lowest BCUT2D eigenvalue weighted by Gasteiger charge is -2.18. The molecule has 1 aromatic heterocycles. The van der Waals surface area contributed by atoms with Gasteiger partial charge in [0.1, 0.15) is 0 Å². The second kappa shape index (κ2) is 8.70. The van der Waals surface area contributed by atoms with Gasteiger partial charge in [-0.15, -0.1) is 23.7 Å². The van der Waals surface area contributed by atoms with Gasteiger partial charge >= 0.3 is 0 Å². The first-order chi connectivity index (χ1) is 9.30. The highest BCUT2D eigenvalue weighted by Crippen LogP contribution is 2.19. The lowest BCUT2D eigenvalue weighted by atomic mass is 10.0. The third-order valence-electron chi connectivity index (χ3n) is 2.75. The molecule has 1 amide bonds. The molecular weight excluding hydrogens is 334 g/mol. The second-order valence-electron chi connectivity index (χ2n) is 4.89. The quantitative estimate of drug-likeness (QED) is 0.683. The highest BCUT2D eigenvalue weighted by Gasteiger charge is 2.19. The van der Waals surface area contributed by atoms with Crippen molar-refractivity contribution < 1.29 is 13.2 Å². The molecule has 0 bridgehead atoms. The summed E-state index contributed by atoms with van der Waals surface area (Å²) >= 11 is 1.10. The molecule has 1 rings (SSSR count). The van der Waals surface area contributed by atoms with E-state index in [0.717, 1.165) is 17.8 Å². The SMILES string of the molecule is CNS(=O)(=O)c1csc(C(=O)NC(CN)CC(C)C)c1.Cl. The van der Waals surface area contributed by atoms with Crippen molar-refractivity contribution in [2.45, 2.75) is 31.2 Å². The Morgan fingerprint density at radius 2 is 2.05 bits per heavy atom. The number of rotatable bonds is 7. The molecule has 1 heterocycles. The van der Waals surface area contributed by atoms with Crippen molar-refractivity contribution in [3.8, 4) is 0 Å². The van der Waals surface area contributed by atoms with E-state index in [9.17, 15) is 13.2 Å². The fourth-order valence-electron chi connectivity index (χ4n) is 1.74. The van der Waals surface area contributed by atoms with Crippen LogP contribution in [0.5, 0.6) is 0 Å². The summed E-state index contributed by atoms with van der Waals surface area (Å²) in [6.45, 7) is 4.46. The third kappa shape index (κ3) is 5.91. The summed E-state index contributed by atoms with van der Waals surface area (Å²) < 4.78 is 25.4. The van der Waals surface area contributed by atoms with Gasteiger partial charge in [0.05, 0.1) is 9.77 Å². The minimum absolute atomic E-state index is 0. The molecule has 1 aromatic rings. The first-order valence-corrected chi connectivity index (χ1v) is 8.69. The monoisotopic (exact) mass is 355 g/mol. The molecule has 122 valence electrons. The summed E-state index contributed by atoms with van der Waals surface area (Å²) in [6, 6.07) is 1.27. The van der Waals surface area contributed by atoms with E-state index in [1.165, 1.54) is 18.5 Å². The van der Waals surface area contributed by atoms with Crippen LogP contribution in [0.1, 0.15) is 29.9 Å². The van der Waals surface area contributed by atoms with Crippen LogP contribution in [0.25, 0.3) is 0 Å². The Hall–Kier alpha value is -0.670. The first kappa shape index (κ1) is 20.3. The second-order valence-corrected chi connectivity index (χ2v) is 7.69. The maximum absolute atomic E-state index is 12.1. The van der Waals surface area contributed by atoms with E-state index in [0.29, 0.717) is 17.3 Å². The van der Waals surface area contributed by atoms with Crippen LogP contribution in [0.2, 0.25) is 0 Å². The maximum atomic E-state index is 12.1. The maximum Gasteiger partial charge on any atom is 0.261 e. The van der Waals surface area contributed by atoms with Crippen LogP contribution in [0.3, 0.4) is 0 Å². The Bertz CT molecular complexity index is 558. The van der Waals surface area contributed by atoms with Crippen molar-refractivity contribution in [2.24, 2.45) is 11.7 Å². The van der Waals surface area contributed by atoms with Crippen molar-refractivity contribution >= 4 is 39.7 Å². The fourth-order valence-corrected chi connectivity index (χ4v) is 3.64. The zero-order chi connectivity index (χ0) is 15.3. The minimum Gasteiger partial charge on any atom is -0.347 e. The van der Waals surface area contributed by atoms with Gasteiger partial charge in [0.15, 0.2) is 0 Å². The van der Waals surface area contributed by atoms with Crippen LogP contribution in [0.4, 0.5) is 0 Å². The van der Waals surface area contributed by atoms with Crippen LogP contribution < -0.4 is 15.8 Å². The molecule has 1 atom stereocenters. The normalized spacial score (nSPS) is 12.8. The van der Waals surface area contributed by atoms with Crippen LogP contribution in [-0.2, 0) is 10.0 Å². The number of sulfonamides is 1. The lowest BCUT2D eigenvalue weighted by Crippen LogP contribution is -2.40. The molecule has 0 aliphatic rings. The van der Waals surface area contributed by atoms with E-state index in [1.54, 1.807) is 0 Å². The molecule has 9 heteroatoms. The smallest absolute Gasteiger partial charge is 0.261 e. The zero-order valence-corrected chi connectivity index (χ0v) is 14.7. The van der Waals surface area contributed by atoms with Gasteiger partial charge in [0.25, 0.3) is 5.91 Å². The number of hydrogen-bond donors (Lipinski definition) is 3. The Morgan fingerprint density at radius 3 is 2.52 bits per heavy atom. The molecule has 0 aliphatic heterocycles. The number of carbonyl (C=O) groups is 1. The molecule has 0 aromatic carbocycles. The van der Waals surface area contributed by atoms with Crippen molar-refractivity contribution in [2.75, 3.05) is 13.6 Å². The van der Waals surface area contributed by atoms with Crippen LogP contribution >= 0.6 is 23.7 Å². The number of thiophene rings is 1. The van der Waals surface area contributed by atoms with E-state index in [2.05, 4.69) is 23.9 Å². The average molecular weight is 356 g/mol. The molecule has 6 nitrogen and oxygen atoms in total. The van der Waals surface area contributed by atoms with Crippen molar-refractivity contribution in [1.29, 1.82) is 0 Å². The van der Waals surface area contributed by atoms with E-state index in [-0.39, 0.29) is 29.3 Å². The van der Waals surface area contributed by atoms with Gasteiger partial charge in [-0.05, 0) is 25.5 Å². The van der Waals surface area contributed by atoms with Gasteiger partial charge in [-0.3, -0.25) is 4.79 Å². The molecule has 0 spiro atoms. The van der Waals surface area contributed by atoms with E-state index < -0.39 is 10.0 Å². The number of hydrogen-bond acceptors (Lipinski definition) is 5. The predicted molar refractivity (Wildman–Crippen MR) is 87.6 cm³/mol. The van der Waals surface area contributed by atoms with Gasteiger partial charge in [-0.2, -0.15) is 0 Å². The highest BCUT2D eigenvalue weighted by atomic mass is 35.5. The van der Waals surface area contributed by atoms with E-state index in [1.807, 2.05) is 0 Å². The Labute approximate surface area is 136 Å². The van der Waals surface area contributed by atoms with Crippen molar-refractivity contribution in [1.82, 2.24) is 10.0 Å². The molecular formula is C12H22ClN3O3S2. The van der Waals surface area contributed by atoms with Crippen molar-refractivity contribution in [3.63, 3.8) is 0 Å². The molecule has 1 unspecified atom stereocenters. The van der Waals surface area contributed by atoms with Crippen LogP contribution in [0.15, 0.2) is 16.3 Å². The zero-order valence-electron chi connectivity index (χ0n) is 12.3. The van der Waals surface area contributed by atoms with Gasteiger partial charge in [0, 0.05) is 18.0 Å². The molecule has 0 fully saturated rings. The molecule has 4 N–H and O–H groups in total. The third-order valence-corrected chi connectivity index (χ3v) is 5.23. The van der Waals surface area contributed by atoms with Gasteiger partial charge in [-0.25, -0.2) is 13.1 Å². The Balaban J connectivity index is 0.00000400. The molecule has 0 aliphatic carbocycles. The summed E-state index contributed by atoms with van der Waals surface area (Å²) in [5.74, 6) is 0.135. The molecule has 21 heavy (non-hydrogen) atoms. The summed E-state index contributed by atoms with van der Waals surface area (Å²) in [5, 5.41) is 4.27. The number of carbonyl (C=O) groups excluding carboxylic acids is 1. The van der Waals surface area contributed by atoms with Gasteiger partial charge in [-0.1, -0.05) is 13.8 Å². The first-order valence-electron chi connectivity index (χ1n) is 6.33. The predicted octanol–water partition coefficient (Wildman–Crippen LogP) is 1.18.